The van der Waals surface area contributed by atoms with Crippen molar-refractivity contribution in [2.24, 2.45) is 0 Å². The van der Waals surface area contributed by atoms with E-state index in [9.17, 15) is 14.5 Å². The first-order valence-electron chi connectivity index (χ1n) is 10.5. The number of aromatic nitrogens is 2. The van der Waals surface area contributed by atoms with Gasteiger partial charge in [-0.05, 0) is 31.5 Å². The molecule has 166 valence electrons. The van der Waals surface area contributed by atoms with Crippen molar-refractivity contribution in [3.05, 3.63) is 51.0 Å². The van der Waals surface area contributed by atoms with Crippen molar-refractivity contribution in [3.63, 3.8) is 0 Å². The van der Waals surface area contributed by atoms with Gasteiger partial charge in [0, 0.05) is 43.8 Å². The third-order valence-corrected chi connectivity index (χ3v) is 6.23. The molecule has 9 nitrogen and oxygen atoms in total. The Morgan fingerprint density at radius 2 is 2.03 bits per heavy atom. The molecule has 31 heavy (non-hydrogen) atoms. The van der Waals surface area contributed by atoms with Crippen LogP contribution in [0.3, 0.4) is 0 Å². The van der Waals surface area contributed by atoms with Crippen molar-refractivity contribution in [2.45, 2.75) is 45.4 Å². The first kappa shape index (κ1) is 21.4. The molecule has 1 aromatic carbocycles. The van der Waals surface area contributed by atoms with Gasteiger partial charge in [-0.3, -0.25) is 19.9 Å². The predicted molar refractivity (Wildman–Crippen MR) is 114 cm³/mol. The van der Waals surface area contributed by atoms with Crippen LogP contribution in [0.15, 0.2) is 18.2 Å². The molecule has 2 atom stereocenters. The average Bonchev–Trinajstić information content (AvgIpc) is 3.32. The number of ether oxygens (including phenoxy) is 1. The Morgan fingerprint density at radius 3 is 2.65 bits per heavy atom. The van der Waals surface area contributed by atoms with E-state index < -0.39 is 4.92 Å². The van der Waals surface area contributed by atoms with E-state index in [1.165, 1.54) is 20.5 Å². The summed E-state index contributed by atoms with van der Waals surface area (Å²) in [5, 5.41) is 14.3. The van der Waals surface area contributed by atoms with Gasteiger partial charge in [0.05, 0.1) is 12.0 Å². The summed E-state index contributed by atoms with van der Waals surface area (Å²) >= 11 is 0. The Morgan fingerprint density at radius 1 is 1.29 bits per heavy atom. The van der Waals surface area contributed by atoms with Gasteiger partial charge in [0.2, 0.25) is 5.82 Å². The van der Waals surface area contributed by atoms with Gasteiger partial charge in [-0.25, -0.2) is 4.39 Å². The van der Waals surface area contributed by atoms with Crippen LogP contribution in [0.2, 0.25) is 0 Å². The lowest BCUT2D eigenvalue weighted by atomic mass is 10.1. The molecule has 4 rings (SSSR count). The van der Waals surface area contributed by atoms with Gasteiger partial charge in [-0.1, -0.05) is 19.1 Å². The van der Waals surface area contributed by atoms with Gasteiger partial charge in [0.15, 0.2) is 0 Å². The Hall–Kier alpha value is -2.85. The monoisotopic (exact) mass is 430 g/mol. The van der Waals surface area contributed by atoms with Crippen molar-refractivity contribution < 1.29 is 14.1 Å². The van der Waals surface area contributed by atoms with Crippen LogP contribution in [0.4, 0.5) is 15.9 Å². The highest BCUT2D eigenvalue weighted by Crippen LogP contribution is 2.32. The highest BCUT2D eigenvalue weighted by Gasteiger charge is 2.42. The number of benzene rings is 1. The molecule has 0 amide bonds. The van der Waals surface area contributed by atoms with Gasteiger partial charge in [-0.15, -0.1) is 0 Å². The number of rotatable bonds is 8. The van der Waals surface area contributed by atoms with Crippen molar-refractivity contribution in [1.29, 1.82) is 0 Å². The molecule has 0 spiro atoms. The third-order valence-electron chi connectivity index (χ3n) is 6.23. The minimum Gasteiger partial charge on any atom is -0.467 e. The minimum absolute atomic E-state index is 0.00592. The summed E-state index contributed by atoms with van der Waals surface area (Å²) in [5.74, 6) is -0.337. The number of nitro groups is 1. The summed E-state index contributed by atoms with van der Waals surface area (Å²) in [7, 11) is 1.38. The number of nitrogens with zero attached hydrogens (tertiary/aromatic N) is 5. The zero-order valence-electron chi connectivity index (χ0n) is 18.0. The largest absolute Gasteiger partial charge is 0.467 e. The molecule has 0 aliphatic carbocycles. The van der Waals surface area contributed by atoms with Gasteiger partial charge < -0.3 is 10.1 Å². The molecule has 1 aromatic heterocycles. The summed E-state index contributed by atoms with van der Waals surface area (Å²) in [6, 6.07) is 6.38. The first-order chi connectivity index (χ1) is 14.9. The smallest absolute Gasteiger partial charge is 0.332 e. The molecule has 2 unspecified atom stereocenters. The number of fused-ring (bicyclic) bond motifs is 2. The minimum atomic E-state index is -0.556. The second-order valence-electron chi connectivity index (χ2n) is 8.09. The van der Waals surface area contributed by atoms with E-state index in [4.69, 9.17) is 4.74 Å². The Kier molecular flexibility index (Phi) is 6.01. The molecule has 2 aliphatic heterocycles. The van der Waals surface area contributed by atoms with Crippen LogP contribution in [0.25, 0.3) is 0 Å². The molecule has 2 aromatic rings. The van der Waals surface area contributed by atoms with Crippen LogP contribution in [0, 0.1) is 22.9 Å². The lowest BCUT2D eigenvalue weighted by Crippen LogP contribution is -2.45. The zero-order chi connectivity index (χ0) is 22.1. The molecule has 2 aliphatic rings. The van der Waals surface area contributed by atoms with E-state index in [2.05, 4.69) is 32.0 Å². The van der Waals surface area contributed by atoms with Crippen LogP contribution in [-0.4, -0.2) is 63.5 Å². The number of hydrogen-bond donors (Lipinski definition) is 1. The normalized spacial score (nSPS) is 20.9. The van der Waals surface area contributed by atoms with Crippen molar-refractivity contribution in [1.82, 2.24) is 19.8 Å². The number of hydrogen-bond acceptors (Lipinski definition) is 8. The standard InChI is InChI=1S/C21H27FN6O3/c1-4-26-11-17-8-16(26)12-27(17)10-14-5-6-15(18(22)7-14)9-23-20-19(28(29)30)13(2)24-21(25-20)31-3/h5-7,16-17H,4,8-12H2,1-3H3,(H,23,24,25). The fraction of sp³-hybridized carbons (Fsp3) is 0.524. The molecule has 0 radical (unpaired) electrons. The number of halogens is 1. The summed E-state index contributed by atoms with van der Waals surface area (Å²) in [6.07, 6.45) is 1.19. The molecule has 1 N–H and O–H groups in total. The number of aryl methyl sites for hydroxylation is 1. The van der Waals surface area contributed by atoms with E-state index in [0.717, 1.165) is 31.7 Å². The van der Waals surface area contributed by atoms with Crippen molar-refractivity contribution in [2.75, 3.05) is 32.1 Å². The lowest BCUT2D eigenvalue weighted by Gasteiger charge is -2.33. The van der Waals surface area contributed by atoms with Crippen molar-refractivity contribution in [3.8, 4) is 6.01 Å². The Balaban J connectivity index is 1.43. The lowest BCUT2D eigenvalue weighted by molar-refractivity contribution is -0.385. The molecule has 3 heterocycles. The molecule has 0 saturated carbocycles. The van der Waals surface area contributed by atoms with E-state index in [1.54, 1.807) is 12.1 Å². The molecule has 2 saturated heterocycles. The summed E-state index contributed by atoms with van der Waals surface area (Å²) in [5.41, 5.74) is 1.27. The van der Waals surface area contributed by atoms with Crippen LogP contribution in [0.5, 0.6) is 6.01 Å². The quantitative estimate of drug-likeness (QED) is 0.504. The topological polar surface area (TPSA) is 96.7 Å². The fourth-order valence-corrected chi connectivity index (χ4v) is 4.63. The molecule has 10 heteroatoms. The fourth-order valence-electron chi connectivity index (χ4n) is 4.63. The highest BCUT2D eigenvalue weighted by atomic mass is 19.1. The Labute approximate surface area is 180 Å². The number of piperazine rings is 1. The number of anilines is 1. The molecular formula is C21H27FN6O3. The van der Waals surface area contributed by atoms with Crippen LogP contribution >= 0.6 is 0 Å². The Bertz CT molecular complexity index is 988. The maximum absolute atomic E-state index is 14.8. The number of nitrogens with one attached hydrogen (secondary N) is 1. The SMILES string of the molecule is CCN1CC2CC1CN2Cc1ccc(CNc2nc(OC)nc(C)c2[N+](=O)[O-])c(F)c1. The second kappa shape index (κ2) is 8.72. The van der Waals surface area contributed by atoms with Crippen molar-refractivity contribution >= 4 is 11.5 Å². The molecular weight excluding hydrogens is 403 g/mol. The van der Waals surface area contributed by atoms with Crippen LogP contribution in [-0.2, 0) is 13.1 Å². The summed E-state index contributed by atoms with van der Waals surface area (Å²) < 4.78 is 19.8. The van der Waals surface area contributed by atoms with Crippen LogP contribution in [0.1, 0.15) is 30.2 Å². The predicted octanol–water partition coefficient (Wildman–Crippen LogP) is 2.73. The van der Waals surface area contributed by atoms with Crippen LogP contribution < -0.4 is 10.1 Å². The first-order valence-corrected chi connectivity index (χ1v) is 10.5. The molecule has 2 fully saturated rings. The number of likely N-dealkylation sites (tertiary alicyclic amines) is 2. The zero-order valence-corrected chi connectivity index (χ0v) is 18.0. The number of methoxy groups -OCH3 is 1. The average molecular weight is 430 g/mol. The van der Waals surface area contributed by atoms with E-state index in [-0.39, 0.29) is 35.6 Å². The van der Waals surface area contributed by atoms with E-state index in [1.807, 2.05) is 6.07 Å². The summed E-state index contributed by atoms with van der Waals surface area (Å²) in [4.78, 5) is 23.7. The maximum Gasteiger partial charge on any atom is 0.332 e. The maximum atomic E-state index is 14.8. The van der Waals surface area contributed by atoms with E-state index in [0.29, 0.717) is 17.6 Å². The van der Waals surface area contributed by atoms with Gasteiger partial charge in [-0.2, -0.15) is 9.97 Å². The van der Waals surface area contributed by atoms with Gasteiger partial charge >= 0.3 is 11.7 Å². The second-order valence-corrected chi connectivity index (χ2v) is 8.09. The highest BCUT2D eigenvalue weighted by molar-refractivity contribution is 5.59. The van der Waals surface area contributed by atoms with E-state index >= 15 is 0 Å². The van der Waals surface area contributed by atoms with Gasteiger partial charge in [0.1, 0.15) is 11.5 Å². The van der Waals surface area contributed by atoms with Gasteiger partial charge in [0.25, 0.3) is 0 Å². The summed E-state index contributed by atoms with van der Waals surface area (Å²) in [6.45, 7) is 7.70. The number of likely N-dealkylation sites (N-methyl/N-ethyl adjacent to an activating group) is 1. The molecule has 2 bridgehead atoms. The third kappa shape index (κ3) is 4.31.